The molecule has 5 heteroatoms. The van der Waals surface area contributed by atoms with Gasteiger partial charge in [0.25, 0.3) is 0 Å². The molecule has 0 saturated carbocycles. The number of benzene rings is 1. The summed E-state index contributed by atoms with van der Waals surface area (Å²) in [6, 6.07) is 9.82. The van der Waals surface area contributed by atoms with Gasteiger partial charge in [-0.2, -0.15) is 5.10 Å². The van der Waals surface area contributed by atoms with Crippen LogP contribution in [0.5, 0.6) is 0 Å². The van der Waals surface area contributed by atoms with Gasteiger partial charge in [-0.25, -0.2) is 4.68 Å². The minimum absolute atomic E-state index is 0.195. The molecule has 1 amide bonds. The summed E-state index contributed by atoms with van der Waals surface area (Å²) < 4.78 is 1.79. The van der Waals surface area contributed by atoms with Crippen molar-refractivity contribution in [3.05, 3.63) is 48.3 Å². The van der Waals surface area contributed by atoms with Crippen LogP contribution >= 0.6 is 0 Å². The Bertz CT molecular complexity index is 476. The highest BCUT2D eigenvalue weighted by atomic mass is 16.1. The number of hydrogen-bond donors (Lipinski definition) is 2. The predicted molar refractivity (Wildman–Crippen MR) is 64.5 cm³/mol. The minimum atomic E-state index is -0.349. The van der Waals surface area contributed by atoms with Crippen LogP contribution in [-0.2, 0) is 11.3 Å². The molecule has 0 aliphatic heterocycles. The topological polar surface area (TPSA) is 72.9 Å². The number of nitrogens with two attached hydrogens (primary N) is 1. The Hall–Kier alpha value is -2.14. The van der Waals surface area contributed by atoms with Crippen LogP contribution in [0, 0.1) is 0 Å². The number of amides is 1. The maximum absolute atomic E-state index is 10.5. The Kier molecular flexibility index (Phi) is 3.52. The highest BCUT2D eigenvalue weighted by Crippen LogP contribution is 2.08. The molecule has 2 rings (SSSR count). The number of rotatable bonds is 5. The summed E-state index contributed by atoms with van der Waals surface area (Å²) in [5, 5.41) is 7.10. The van der Waals surface area contributed by atoms with Crippen molar-refractivity contribution in [1.29, 1.82) is 0 Å². The fourth-order valence-electron chi connectivity index (χ4n) is 1.52. The summed E-state index contributed by atoms with van der Waals surface area (Å²) >= 11 is 0. The lowest BCUT2D eigenvalue weighted by atomic mass is 10.2. The van der Waals surface area contributed by atoms with Gasteiger partial charge < -0.3 is 11.1 Å². The van der Waals surface area contributed by atoms with E-state index in [-0.39, 0.29) is 12.5 Å². The molecule has 0 atom stereocenters. The van der Waals surface area contributed by atoms with E-state index >= 15 is 0 Å². The number of primary amides is 1. The van der Waals surface area contributed by atoms with Crippen LogP contribution in [0.3, 0.4) is 0 Å². The monoisotopic (exact) mass is 230 g/mol. The van der Waals surface area contributed by atoms with Crippen LogP contribution < -0.4 is 11.1 Å². The zero-order valence-electron chi connectivity index (χ0n) is 9.34. The first-order chi connectivity index (χ1) is 8.25. The summed E-state index contributed by atoms with van der Waals surface area (Å²) in [5.74, 6) is -0.349. The van der Waals surface area contributed by atoms with Gasteiger partial charge in [-0.1, -0.05) is 12.1 Å². The lowest BCUT2D eigenvalue weighted by Gasteiger charge is -2.05. The van der Waals surface area contributed by atoms with Gasteiger partial charge in [-0.15, -0.1) is 0 Å². The smallest absolute Gasteiger partial charge is 0.231 e. The van der Waals surface area contributed by atoms with Crippen molar-refractivity contribution in [2.45, 2.75) is 6.54 Å². The number of hydrogen-bond acceptors (Lipinski definition) is 3. The third kappa shape index (κ3) is 3.15. The van der Waals surface area contributed by atoms with Gasteiger partial charge in [-0.3, -0.25) is 4.79 Å². The van der Waals surface area contributed by atoms with E-state index in [0.29, 0.717) is 6.54 Å². The molecule has 0 radical (unpaired) electrons. The summed E-state index contributed by atoms with van der Waals surface area (Å²) in [4.78, 5) is 10.5. The van der Waals surface area contributed by atoms with Crippen LogP contribution in [-0.4, -0.2) is 22.2 Å². The van der Waals surface area contributed by atoms with E-state index in [4.69, 9.17) is 5.73 Å². The van der Waals surface area contributed by atoms with Gasteiger partial charge in [0, 0.05) is 18.9 Å². The lowest BCUT2D eigenvalue weighted by molar-refractivity contribution is -0.117. The van der Waals surface area contributed by atoms with Gasteiger partial charge >= 0.3 is 0 Å². The molecule has 1 heterocycles. The molecular formula is C12H14N4O. The first kappa shape index (κ1) is 11.3. The first-order valence-electron chi connectivity index (χ1n) is 5.34. The molecule has 0 unspecified atom stereocenters. The lowest BCUT2D eigenvalue weighted by Crippen LogP contribution is -2.28. The Morgan fingerprint density at radius 2 is 2.12 bits per heavy atom. The molecule has 0 saturated heterocycles. The minimum Gasteiger partial charge on any atom is -0.369 e. The molecule has 1 aromatic heterocycles. The molecule has 5 nitrogen and oxygen atoms in total. The molecular weight excluding hydrogens is 216 g/mol. The van der Waals surface area contributed by atoms with Gasteiger partial charge in [0.2, 0.25) is 5.91 Å². The molecule has 0 aliphatic rings. The number of nitrogens with zero attached hydrogens (tertiary/aromatic N) is 2. The van der Waals surface area contributed by atoms with Gasteiger partial charge in [0.05, 0.1) is 12.2 Å². The summed E-state index contributed by atoms with van der Waals surface area (Å²) in [6.07, 6.45) is 3.63. The zero-order chi connectivity index (χ0) is 12.1. The Morgan fingerprint density at radius 3 is 2.71 bits per heavy atom. The van der Waals surface area contributed by atoms with Crippen molar-refractivity contribution < 1.29 is 4.79 Å². The quantitative estimate of drug-likeness (QED) is 0.783. The standard InChI is InChI=1S/C12H14N4O/c13-12(17)9-14-8-10-2-4-11(5-3-10)16-7-1-6-15-16/h1-7,14H,8-9H2,(H2,13,17). The second kappa shape index (κ2) is 5.27. The van der Waals surface area contributed by atoms with Crippen molar-refractivity contribution in [3.8, 4) is 5.69 Å². The van der Waals surface area contributed by atoms with E-state index < -0.39 is 0 Å². The third-order valence-electron chi connectivity index (χ3n) is 2.33. The van der Waals surface area contributed by atoms with Gasteiger partial charge in [0.1, 0.15) is 0 Å². The fourth-order valence-corrected chi connectivity index (χ4v) is 1.52. The van der Waals surface area contributed by atoms with Crippen LogP contribution in [0.4, 0.5) is 0 Å². The largest absolute Gasteiger partial charge is 0.369 e. The van der Waals surface area contributed by atoms with Crippen LogP contribution in [0.15, 0.2) is 42.7 Å². The van der Waals surface area contributed by atoms with Gasteiger partial charge in [0.15, 0.2) is 0 Å². The Labute approximate surface area is 99.2 Å². The van der Waals surface area contributed by atoms with Crippen LogP contribution in [0.1, 0.15) is 5.56 Å². The normalized spacial score (nSPS) is 10.4. The predicted octanol–water partition coefficient (Wildman–Crippen LogP) is 0.447. The second-order valence-corrected chi connectivity index (χ2v) is 3.69. The van der Waals surface area contributed by atoms with Crippen LogP contribution in [0.25, 0.3) is 5.69 Å². The van der Waals surface area contributed by atoms with Crippen molar-refractivity contribution in [1.82, 2.24) is 15.1 Å². The Morgan fingerprint density at radius 1 is 1.35 bits per heavy atom. The molecule has 0 bridgehead atoms. The molecule has 2 aromatic rings. The Balaban J connectivity index is 1.96. The molecule has 1 aromatic carbocycles. The first-order valence-corrected chi connectivity index (χ1v) is 5.34. The highest BCUT2D eigenvalue weighted by molar-refractivity contribution is 5.75. The number of carbonyl (C=O) groups is 1. The van der Waals surface area contributed by atoms with E-state index in [9.17, 15) is 4.79 Å². The summed E-state index contributed by atoms with van der Waals surface area (Å²) in [6.45, 7) is 0.823. The van der Waals surface area contributed by atoms with E-state index in [1.165, 1.54) is 0 Å². The molecule has 0 fully saturated rings. The summed E-state index contributed by atoms with van der Waals surface area (Å²) in [5.41, 5.74) is 7.14. The van der Waals surface area contributed by atoms with Crippen molar-refractivity contribution in [2.75, 3.05) is 6.54 Å². The highest BCUT2D eigenvalue weighted by Gasteiger charge is 1.98. The number of carbonyl (C=O) groups excluding carboxylic acids is 1. The average Bonchev–Trinajstić information content (AvgIpc) is 2.83. The van der Waals surface area contributed by atoms with Crippen molar-refractivity contribution in [2.24, 2.45) is 5.73 Å². The maximum Gasteiger partial charge on any atom is 0.231 e. The van der Waals surface area contributed by atoms with E-state index in [1.54, 1.807) is 10.9 Å². The third-order valence-corrected chi connectivity index (χ3v) is 2.33. The second-order valence-electron chi connectivity index (χ2n) is 3.69. The number of aromatic nitrogens is 2. The summed E-state index contributed by atoms with van der Waals surface area (Å²) in [7, 11) is 0. The molecule has 17 heavy (non-hydrogen) atoms. The van der Waals surface area contributed by atoms with E-state index in [0.717, 1.165) is 11.3 Å². The van der Waals surface area contributed by atoms with Crippen LogP contribution in [0.2, 0.25) is 0 Å². The van der Waals surface area contributed by atoms with Crippen molar-refractivity contribution >= 4 is 5.91 Å². The fraction of sp³-hybridized carbons (Fsp3) is 0.167. The van der Waals surface area contributed by atoms with Gasteiger partial charge in [-0.05, 0) is 23.8 Å². The SMILES string of the molecule is NC(=O)CNCc1ccc(-n2cccn2)cc1. The van der Waals surface area contributed by atoms with Crippen molar-refractivity contribution in [3.63, 3.8) is 0 Å². The van der Waals surface area contributed by atoms with E-state index in [1.807, 2.05) is 36.5 Å². The molecule has 3 N–H and O–H groups in total. The molecule has 0 aliphatic carbocycles. The molecule has 88 valence electrons. The zero-order valence-corrected chi connectivity index (χ0v) is 9.34. The number of nitrogens with one attached hydrogen (secondary N) is 1. The van der Waals surface area contributed by atoms with E-state index in [2.05, 4.69) is 10.4 Å². The maximum atomic E-state index is 10.5. The average molecular weight is 230 g/mol. The molecule has 0 spiro atoms.